The first-order valence-electron chi connectivity index (χ1n) is 10.1. The van der Waals surface area contributed by atoms with Gasteiger partial charge >= 0.3 is 5.97 Å². The molecule has 0 saturated carbocycles. The highest BCUT2D eigenvalue weighted by Crippen LogP contribution is 2.33. The zero-order chi connectivity index (χ0) is 23.4. The normalized spacial score (nSPS) is 10.8. The van der Waals surface area contributed by atoms with E-state index in [-0.39, 0.29) is 40.4 Å². The fraction of sp³-hybridized carbons (Fsp3) is 0.120. The Hall–Kier alpha value is -3.84. The maximum Gasteiger partial charge on any atom is 0.310 e. The van der Waals surface area contributed by atoms with E-state index in [0.717, 1.165) is 11.5 Å². The number of carbonyl (C=O) groups excluding carboxylic acids is 2. The molecule has 0 radical (unpaired) electrons. The van der Waals surface area contributed by atoms with Crippen molar-refractivity contribution in [3.63, 3.8) is 0 Å². The molecule has 1 N–H and O–H groups in total. The Morgan fingerprint density at radius 2 is 1.82 bits per heavy atom. The zero-order valence-corrected chi connectivity index (χ0v) is 18.3. The quantitative estimate of drug-likeness (QED) is 0.319. The molecule has 8 heteroatoms. The second-order valence-electron chi connectivity index (χ2n) is 7.10. The monoisotopic (exact) mass is 467 g/mol. The van der Waals surface area contributed by atoms with E-state index in [1.807, 2.05) is 18.2 Å². The summed E-state index contributed by atoms with van der Waals surface area (Å²) >= 11 is 6.23. The molecule has 0 aliphatic heterocycles. The number of amides is 1. The van der Waals surface area contributed by atoms with Crippen LogP contribution in [0.4, 0.5) is 10.1 Å². The summed E-state index contributed by atoms with van der Waals surface area (Å²) in [5, 5.41) is 3.62. The number of para-hydroxylation sites is 1. The molecule has 6 nitrogen and oxygen atoms in total. The van der Waals surface area contributed by atoms with Gasteiger partial charge in [-0.25, -0.2) is 4.39 Å². The second kappa shape index (κ2) is 9.75. The minimum Gasteiger partial charge on any atom is -0.466 e. The van der Waals surface area contributed by atoms with Crippen LogP contribution in [-0.4, -0.2) is 18.5 Å². The number of carbonyl (C=O) groups is 2. The Morgan fingerprint density at radius 3 is 2.55 bits per heavy atom. The van der Waals surface area contributed by atoms with Crippen LogP contribution in [0.5, 0.6) is 11.5 Å². The first kappa shape index (κ1) is 22.4. The molecule has 1 amide bonds. The van der Waals surface area contributed by atoms with Gasteiger partial charge in [0.05, 0.1) is 18.1 Å². The van der Waals surface area contributed by atoms with E-state index in [1.54, 1.807) is 37.3 Å². The highest BCUT2D eigenvalue weighted by molar-refractivity contribution is 6.32. The molecule has 3 aromatic carbocycles. The topological polar surface area (TPSA) is 77.8 Å². The summed E-state index contributed by atoms with van der Waals surface area (Å²) in [5.74, 6) is -1.29. The van der Waals surface area contributed by atoms with Crippen LogP contribution < -0.4 is 10.1 Å². The molecule has 0 saturated heterocycles. The van der Waals surface area contributed by atoms with Gasteiger partial charge in [0, 0.05) is 17.1 Å². The molecule has 168 valence electrons. The molecule has 4 rings (SSSR count). The van der Waals surface area contributed by atoms with Crippen molar-refractivity contribution in [2.75, 3.05) is 11.9 Å². The van der Waals surface area contributed by atoms with Crippen molar-refractivity contribution >= 4 is 40.1 Å². The average Bonchev–Trinajstić information content (AvgIpc) is 3.22. The van der Waals surface area contributed by atoms with E-state index < -0.39 is 11.7 Å². The third kappa shape index (κ3) is 5.32. The van der Waals surface area contributed by atoms with Crippen molar-refractivity contribution in [3.05, 3.63) is 88.9 Å². The highest BCUT2D eigenvalue weighted by atomic mass is 35.5. The van der Waals surface area contributed by atoms with Gasteiger partial charge in [0.1, 0.15) is 11.3 Å². The van der Waals surface area contributed by atoms with Crippen molar-refractivity contribution in [2.45, 2.75) is 13.3 Å². The lowest BCUT2D eigenvalue weighted by atomic mass is 10.1. The fourth-order valence-electron chi connectivity index (χ4n) is 3.18. The first-order chi connectivity index (χ1) is 15.9. The number of rotatable bonds is 7. The Bertz CT molecular complexity index is 1300. The molecular formula is C25H19ClFNO5. The van der Waals surface area contributed by atoms with Crippen LogP contribution in [-0.2, 0) is 16.0 Å². The maximum absolute atomic E-state index is 14.6. The molecule has 1 aromatic heterocycles. The largest absolute Gasteiger partial charge is 0.466 e. The molecule has 4 aromatic rings. The third-order valence-corrected chi connectivity index (χ3v) is 5.00. The van der Waals surface area contributed by atoms with Gasteiger partial charge in [0.25, 0.3) is 5.91 Å². The standard InChI is InChI=1S/C25H19ClFNO5/c1-2-31-24(29)12-15-7-9-21(18(26)11-15)33-22-10-8-17(14-19(22)27)28-25(30)23-13-16-5-3-4-6-20(16)32-23/h3-11,13-14H,2,12H2,1H3,(H,28,30). The summed E-state index contributed by atoms with van der Waals surface area (Å²) in [5.41, 5.74) is 1.47. The van der Waals surface area contributed by atoms with Crippen molar-refractivity contribution in [3.8, 4) is 11.5 Å². The maximum atomic E-state index is 14.6. The molecule has 0 bridgehead atoms. The molecule has 0 aliphatic carbocycles. The molecule has 0 aliphatic rings. The predicted octanol–water partition coefficient (Wildman–Crippen LogP) is 6.38. The Balaban J connectivity index is 1.44. The number of ether oxygens (including phenoxy) is 2. The van der Waals surface area contributed by atoms with Crippen molar-refractivity contribution in [1.82, 2.24) is 0 Å². The van der Waals surface area contributed by atoms with Gasteiger partial charge < -0.3 is 19.2 Å². The summed E-state index contributed by atoms with van der Waals surface area (Å²) < 4.78 is 30.6. The molecule has 0 unspecified atom stereocenters. The van der Waals surface area contributed by atoms with Gasteiger partial charge in [-0.1, -0.05) is 35.9 Å². The van der Waals surface area contributed by atoms with Crippen LogP contribution >= 0.6 is 11.6 Å². The van der Waals surface area contributed by atoms with Crippen molar-refractivity contribution in [1.29, 1.82) is 0 Å². The van der Waals surface area contributed by atoms with E-state index in [0.29, 0.717) is 17.8 Å². The molecule has 0 atom stereocenters. The third-order valence-electron chi connectivity index (χ3n) is 4.71. The Kier molecular flexibility index (Phi) is 6.60. The van der Waals surface area contributed by atoms with Gasteiger partial charge in [-0.15, -0.1) is 0 Å². The van der Waals surface area contributed by atoms with Gasteiger partial charge in [0.15, 0.2) is 17.3 Å². The van der Waals surface area contributed by atoms with Crippen LogP contribution in [0, 0.1) is 5.82 Å². The minimum atomic E-state index is -0.691. The first-order valence-corrected chi connectivity index (χ1v) is 10.5. The SMILES string of the molecule is CCOC(=O)Cc1ccc(Oc2ccc(NC(=O)c3cc4ccccc4o3)cc2F)c(Cl)c1. The van der Waals surface area contributed by atoms with Crippen LogP contribution in [0.2, 0.25) is 5.02 Å². The van der Waals surface area contributed by atoms with Gasteiger partial charge in [0.2, 0.25) is 0 Å². The van der Waals surface area contributed by atoms with Crippen LogP contribution in [0.25, 0.3) is 11.0 Å². The number of hydrogen-bond donors (Lipinski definition) is 1. The lowest BCUT2D eigenvalue weighted by molar-refractivity contribution is -0.142. The summed E-state index contributed by atoms with van der Waals surface area (Å²) in [6.45, 7) is 2.02. The van der Waals surface area contributed by atoms with Crippen molar-refractivity contribution in [2.24, 2.45) is 0 Å². The zero-order valence-electron chi connectivity index (χ0n) is 17.6. The molecule has 33 heavy (non-hydrogen) atoms. The number of benzene rings is 3. The average molecular weight is 468 g/mol. The van der Waals surface area contributed by atoms with Gasteiger partial charge in [-0.3, -0.25) is 9.59 Å². The molecule has 1 heterocycles. The van der Waals surface area contributed by atoms with Crippen LogP contribution in [0.3, 0.4) is 0 Å². The lowest BCUT2D eigenvalue weighted by Gasteiger charge is -2.11. The molecular weight excluding hydrogens is 449 g/mol. The smallest absolute Gasteiger partial charge is 0.310 e. The summed E-state index contributed by atoms with van der Waals surface area (Å²) in [7, 11) is 0. The number of nitrogens with one attached hydrogen (secondary N) is 1. The number of hydrogen-bond acceptors (Lipinski definition) is 5. The highest BCUT2D eigenvalue weighted by Gasteiger charge is 2.15. The number of halogens is 2. The molecule has 0 fully saturated rings. The Labute approximate surface area is 193 Å². The van der Waals surface area contributed by atoms with E-state index in [4.69, 9.17) is 25.5 Å². The predicted molar refractivity (Wildman–Crippen MR) is 122 cm³/mol. The summed E-state index contributed by atoms with van der Waals surface area (Å²) in [6.07, 6.45) is 0.0713. The van der Waals surface area contributed by atoms with Gasteiger partial charge in [-0.2, -0.15) is 0 Å². The molecule has 0 spiro atoms. The van der Waals surface area contributed by atoms with E-state index >= 15 is 0 Å². The summed E-state index contributed by atoms with van der Waals surface area (Å²) in [4.78, 5) is 24.1. The lowest BCUT2D eigenvalue weighted by Crippen LogP contribution is -2.11. The van der Waals surface area contributed by atoms with Crippen LogP contribution in [0.15, 0.2) is 71.1 Å². The number of esters is 1. The van der Waals surface area contributed by atoms with E-state index in [9.17, 15) is 14.0 Å². The number of fused-ring (bicyclic) bond motifs is 1. The minimum absolute atomic E-state index is 0.0713. The number of furan rings is 1. The van der Waals surface area contributed by atoms with Gasteiger partial charge in [-0.05, 0) is 48.9 Å². The second-order valence-corrected chi connectivity index (χ2v) is 7.50. The van der Waals surface area contributed by atoms with Crippen LogP contribution in [0.1, 0.15) is 23.0 Å². The van der Waals surface area contributed by atoms with E-state index in [2.05, 4.69) is 5.32 Å². The Morgan fingerprint density at radius 1 is 1.03 bits per heavy atom. The van der Waals surface area contributed by atoms with E-state index in [1.165, 1.54) is 12.1 Å². The summed E-state index contributed by atoms with van der Waals surface area (Å²) in [6, 6.07) is 17.6. The number of anilines is 1. The van der Waals surface area contributed by atoms with Crippen molar-refractivity contribution < 1.29 is 27.9 Å². The fourth-order valence-corrected chi connectivity index (χ4v) is 3.42.